The molecule has 0 bridgehead atoms. The Kier molecular flexibility index (Phi) is 24.4. The van der Waals surface area contributed by atoms with E-state index >= 15 is 0 Å². The maximum atomic E-state index is 14.9. The first-order valence-corrected chi connectivity index (χ1v) is 28.0. The van der Waals surface area contributed by atoms with E-state index in [1.807, 2.05) is 0 Å². The van der Waals surface area contributed by atoms with Crippen LogP contribution in [-0.4, -0.2) is 149 Å². The molecule has 0 aromatic heterocycles. The molecule has 5 rings (SSSR count). The van der Waals surface area contributed by atoms with Crippen LogP contribution in [0.25, 0.3) is 0 Å². The molecule has 25 nitrogen and oxygen atoms in total. The Bertz CT molecular complexity index is 2630. The second-order valence-corrected chi connectivity index (χ2v) is 21.3. The Balaban J connectivity index is 1.51. The molecule has 17 N–H and O–H groups in total. The molecule has 3 aromatic rings. The Morgan fingerprint density at radius 2 is 1.28 bits per heavy atom. The van der Waals surface area contributed by atoms with Gasteiger partial charge in [0.15, 0.2) is 5.96 Å². The van der Waals surface area contributed by atoms with Gasteiger partial charge in [0, 0.05) is 49.8 Å². The fraction of sp³-hybridized carbons (Fsp3) is 0.423. The number of benzene rings is 3. The maximum absolute atomic E-state index is 14.9. The zero-order chi connectivity index (χ0) is 57.4. The summed E-state index contributed by atoms with van der Waals surface area (Å²) in [5, 5.41) is 18.4. The van der Waals surface area contributed by atoms with Crippen molar-refractivity contribution in [2.24, 2.45) is 33.7 Å². The highest BCUT2D eigenvalue weighted by Gasteiger charge is 2.41. The number of hydrogen-bond donors (Lipinski definition) is 12. The molecule has 2 heterocycles. The van der Waals surface area contributed by atoms with E-state index in [9.17, 15) is 52.7 Å². The van der Waals surface area contributed by atoms with Crippen LogP contribution >= 0.6 is 21.6 Å². The minimum absolute atomic E-state index is 0.0150. The van der Waals surface area contributed by atoms with Crippen LogP contribution in [0.3, 0.4) is 0 Å². The first kappa shape index (κ1) is 61.7. The van der Waals surface area contributed by atoms with Crippen LogP contribution in [0.4, 0.5) is 0 Å². The lowest BCUT2D eigenvalue weighted by molar-refractivity contribution is -0.142. The van der Waals surface area contributed by atoms with E-state index in [0.29, 0.717) is 23.1 Å². The molecule has 0 radical (unpaired) electrons. The molecule has 2 aliphatic rings. The van der Waals surface area contributed by atoms with Crippen molar-refractivity contribution in [3.63, 3.8) is 0 Å². The third-order valence-electron chi connectivity index (χ3n) is 12.7. The molecule has 27 heteroatoms. The first-order valence-electron chi connectivity index (χ1n) is 25.5. The minimum atomic E-state index is -1.77. The Labute approximate surface area is 464 Å². The lowest BCUT2D eigenvalue weighted by Gasteiger charge is -2.31. The highest BCUT2D eigenvalue weighted by Crippen LogP contribution is 2.30. The standard InChI is InChI=1S/C52H68N14O11S2/c53-39(67)21-20-34-46(72)62-36(27-40(54)68)48(74)64-37(51(77)66-24-11-19-38(66)49(75)61-33(18-10-23-58-52(56)57)45(71)59-28-41(55)69)29-79-78-25-22-42(70)65-44(43(31-14-6-2-7-15-31)32-16-8-3-9-17-32)50(76)63-35(47(73)60-34)26-30-12-4-1-5-13-30/h1-9,12-17,33-38,43-44H,10-11,18-29H2,(H2,53,67)(H2,54,68)(H2,55,69)(H,59,71)(H,60,73)(H,61,75)(H,62,72)(H,63,76)(H,64,74)(H,65,70)(H4,56,57,58)/t33-,34+,35+,36+,37+,38+,44+/m1/s1. The number of nitrogens with two attached hydrogens (primary N) is 5. The zero-order valence-electron chi connectivity index (χ0n) is 43.3. The molecule has 2 saturated heterocycles. The summed E-state index contributed by atoms with van der Waals surface area (Å²) in [7, 11) is 2.23. The summed E-state index contributed by atoms with van der Waals surface area (Å²) in [5.41, 5.74) is 29.1. The third-order valence-corrected chi connectivity index (χ3v) is 15.1. The molecule has 7 atom stereocenters. The summed E-state index contributed by atoms with van der Waals surface area (Å²) in [4.78, 5) is 156. The lowest BCUT2D eigenvalue weighted by atomic mass is 9.84. The quantitative estimate of drug-likeness (QED) is 0.0242. The van der Waals surface area contributed by atoms with E-state index in [1.165, 1.54) is 4.90 Å². The largest absolute Gasteiger partial charge is 0.370 e. The van der Waals surface area contributed by atoms with Crippen molar-refractivity contribution in [3.8, 4) is 0 Å². The Hall–Kier alpha value is -8.20. The lowest BCUT2D eigenvalue weighted by Crippen LogP contribution is -2.61. The number of carbonyl (C=O) groups is 11. The molecule has 3 aromatic carbocycles. The van der Waals surface area contributed by atoms with Gasteiger partial charge in [-0.15, -0.1) is 0 Å². The average Bonchev–Trinajstić information content (AvgIpc) is 3.94. The van der Waals surface area contributed by atoms with Crippen LogP contribution in [0.15, 0.2) is 96.0 Å². The van der Waals surface area contributed by atoms with Crippen LogP contribution in [0, 0.1) is 0 Å². The van der Waals surface area contributed by atoms with Gasteiger partial charge in [-0.2, -0.15) is 0 Å². The van der Waals surface area contributed by atoms with E-state index in [2.05, 4.69) is 42.2 Å². The molecular weight excluding hydrogens is 1060 g/mol. The van der Waals surface area contributed by atoms with E-state index in [4.69, 9.17) is 28.7 Å². The number of rotatable bonds is 20. The SMILES string of the molecule is NC(=O)CC[C@@H]1NC(=O)[C@H](Cc2ccccc2)NC(=O)[C@H](C(c2ccccc2)c2ccccc2)NC(=O)CCSSC[C@@H](C(=O)N2CCC[C@H]2C(=O)N[C@H](CCCN=C(N)N)C(=O)NCC(N)=O)NC(=O)[C@H](CC(N)=O)NC1=O. The molecule has 2 aliphatic heterocycles. The second-order valence-electron chi connectivity index (χ2n) is 18.7. The van der Waals surface area contributed by atoms with Gasteiger partial charge < -0.3 is 70.8 Å². The minimum Gasteiger partial charge on any atom is -0.370 e. The molecule has 0 unspecified atom stereocenters. The number of aliphatic imine (C=N–C) groups is 1. The monoisotopic (exact) mass is 1130 g/mol. The topological polar surface area (TPSA) is 418 Å². The van der Waals surface area contributed by atoms with Crippen LogP contribution in [0.5, 0.6) is 0 Å². The van der Waals surface area contributed by atoms with Crippen molar-refractivity contribution in [2.45, 2.75) is 106 Å². The van der Waals surface area contributed by atoms with Gasteiger partial charge in [0.25, 0.3) is 0 Å². The van der Waals surface area contributed by atoms with Gasteiger partial charge in [0.1, 0.15) is 42.3 Å². The fourth-order valence-corrected chi connectivity index (χ4v) is 11.0. The molecule has 2 fully saturated rings. The van der Waals surface area contributed by atoms with Crippen molar-refractivity contribution in [2.75, 3.05) is 31.1 Å². The Morgan fingerprint density at radius 3 is 1.89 bits per heavy atom. The van der Waals surface area contributed by atoms with Crippen LogP contribution in [0.2, 0.25) is 0 Å². The van der Waals surface area contributed by atoms with Gasteiger partial charge in [-0.3, -0.25) is 57.7 Å². The number of nitrogens with one attached hydrogen (secondary N) is 7. The number of primary amides is 3. The van der Waals surface area contributed by atoms with E-state index in [-0.39, 0.29) is 62.7 Å². The zero-order valence-corrected chi connectivity index (χ0v) is 44.9. The first-order chi connectivity index (χ1) is 37.8. The molecule has 79 heavy (non-hydrogen) atoms. The predicted molar refractivity (Wildman–Crippen MR) is 295 cm³/mol. The molecule has 11 amide bonds. The molecule has 0 saturated carbocycles. The summed E-state index contributed by atoms with van der Waals surface area (Å²) < 4.78 is 0. The average molecular weight is 1130 g/mol. The molecular formula is C52H68N14O11S2. The highest BCUT2D eigenvalue weighted by molar-refractivity contribution is 8.76. The Morgan fingerprint density at radius 1 is 0.684 bits per heavy atom. The highest BCUT2D eigenvalue weighted by atomic mass is 33.1. The van der Waals surface area contributed by atoms with Gasteiger partial charge in [-0.05, 0) is 48.8 Å². The van der Waals surface area contributed by atoms with Gasteiger partial charge >= 0.3 is 0 Å². The van der Waals surface area contributed by atoms with Crippen molar-refractivity contribution < 1.29 is 52.7 Å². The smallest absolute Gasteiger partial charge is 0.246 e. The molecule has 0 aliphatic carbocycles. The van der Waals surface area contributed by atoms with E-state index < -0.39 is 139 Å². The maximum Gasteiger partial charge on any atom is 0.246 e. The third kappa shape index (κ3) is 20.0. The van der Waals surface area contributed by atoms with Gasteiger partial charge in [-0.25, -0.2) is 0 Å². The number of guanidine groups is 1. The number of hydrogen-bond acceptors (Lipinski definition) is 14. The number of likely N-dealkylation sites (tertiary alicyclic amines) is 1. The van der Waals surface area contributed by atoms with E-state index in [1.54, 1.807) is 91.0 Å². The predicted octanol–water partition coefficient (Wildman–Crippen LogP) is -2.46. The number of nitrogens with zero attached hydrogens (tertiary/aromatic N) is 2. The summed E-state index contributed by atoms with van der Waals surface area (Å²) in [6, 6.07) is 16.6. The van der Waals surface area contributed by atoms with Crippen molar-refractivity contribution in [1.82, 2.24) is 42.1 Å². The van der Waals surface area contributed by atoms with Crippen LogP contribution in [-0.2, 0) is 59.2 Å². The van der Waals surface area contributed by atoms with Gasteiger partial charge in [0.2, 0.25) is 65.0 Å². The number of carbonyl (C=O) groups excluding carboxylic acids is 11. The summed E-state index contributed by atoms with van der Waals surface area (Å²) in [6.45, 7) is -0.395. The van der Waals surface area contributed by atoms with Crippen molar-refractivity contribution in [3.05, 3.63) is 108 Å². The van der Waals surface area contributed by atoms with Gasteiger partial charge in [0.05, 0.1) is 13.0 Å². The summed E-state index contributed by atoms with van der Waals surface area (Å²) in [6.07, 6.45) is -1.24. The molecule has 424 valence electrons. The van der Waals surface area contributed by atoms with Crippen molar-refractivity contribution >= 4 is 92.5 Å². The second kappa shape index (κ2) is 31.3. The normalized spacial score (nSPS) is 21.1. The fourth-order valence-electron chi connectivity index (χ4n) is 8.87. The van der Waals surface area contributed by atoms with E-state index in [0.717, 1.165) is 21.6 Å². The summed E-state index contributed by atoms with van der Waals surface area (Å²) in [5.74, 6) is -10.4. The summed E-state index contributed by atoms with van der Waals surface area (Å²) >= 11 is 0. The van der Waals surface area contributed by atoms with Crippen molar-refractivity contribution in [1.29, 1.82) is 0 Å². The van der Waals surface area contributed by atoms with Crippen LogP contribution < -0.4 is 65.9 Å². The number of amides is 11. The molecule has 0 spiro atoms. The van der Waals surface area contributed by atoms with Crippen LogP contribution in [0.1, 0.15) is 74.0 Å². The van der Waals surface area contributed by atoms with Gasteiger partial charge in [-0.1, -0.05) is 113 Å².